The van der Waals surface area contributed by atoms with Gasteiger partial charge in [0.1, 0.15) is 5.75 Å². The summed E-state index contributed by atoms with van der Waals surface area (Å²) in [4.78, 5) is 12.2. The Hall–Kier alpha value is -2.31. The van der Waals surface area contributed by atoms with E-state index in [-0.39, 0.29) is 16.2 Å². The number of thioether (sulfide) groups is 1. The molecule has 0 spiro atoms. The normalized spacial score (nSPS) is 10.5. The molecule has 0 aliphatic rings. The van der Waals surface area contributed by atoms with Gasteiger partial charge in [-0.15, -0.1) is 10.2 Å². The maximum atomic E-state index is 12.2. The van der Waals surface area contributed by atoms with Crippen LogP contribution >= 0.6 is 23.4 Å². The third-order valence-corrected chi connectivity index (χ3v) is 4.09. The Kier molecular flexibility index (Phi) is 4.64. The van der Waals surface area contributed by atoms with Crippen LogP contribution in [0.3, 0.4) is 0 Å². The second-order valence-corrected chi connectivity index (χ2v) is 5.81. The molecule has 0 amide bonds. The van der Waals surface area contributed by atoms with Gasteiger partial charge in [-0.2, -0.15) is 0 Å². The van der Waals surface area contributed by atoms with E-state index in [0.717, 1.165) is 11.8 Å². The lowest BCUT2D eigenvalue weighted by Gasteiger charge is -2.01. The third-order valence-electron chi connectivity index (χ3n) is 3.00. The number of nitrogens with zero attached hydrogens (tertiary/aromatic N) is 2. The molecule has 3 aromatic rings. The number of hydrogen-bond acceptors (Lipinski definition) is 6. The van der Waals surface area contributed by atoms with Crippen LogP contribution < -0.4 is 4.74 Å². The minimum atomic E-state index is -0.210. The average Bonchev–Trinajstić information content (AvgIpc) is 3.03. The first-order chi connectivity index (χ1) is 11.2. The lowest BCUT2D eigenvalue weighted by Crippen LogP contribution is -1.94. The number of hydrogen-bond donors (Lipinski definition) is 0. The van der Waals surface area contributed by atoms with Crippen LogP contribution in [-0.2, 0) is 0 Å². The van der Waals surface area contributed by atoms with Crippen LogP contribution in [0.4, 0.5) is 0 Å². The quantitative estimate of drug-likeness (QED) is 0.655. The van der Waals surface area contributed by atoms with Gasteiger partial charge in [0.05, 0.1) is 17.7 Å². The van der Waals surface area contributed by atoms with E-state index in [1.54, 1.807) is 43.5 Å². The van der Waals surface area contributed by atoms with Gasteiger partial charge in [0.25, 0.3) is 5.22 Å². The number of methoxy groups -OCH3 is 1. The Balaban J connectivity index is 1.79. The van der Waals surface area contributed by atoms with Crippen molar-refractivity contribution in [2.45, 2.75) is 5.22 Å². The number of aromatic nitrogens is 2. The average molecular weight is 347 g/mol. The molecule has 0 aliphatic carbocycles. The third kappa shape index (κ3) is 3.55. The predicted molar refractivity (Wildman–Crippen MR) is 87.9 cm³/mol. The van der Waals surface area contributed by atoms with E-state index < -0.39 is 0 Å². The van der Waals surface area contributed by atoms with Crippen LogP contribution in [0.15, 0.2) is 58.2 Å². The lowest BCUT2D eigenvalue weighted by atomic mass is 10.2. The Morgan fingerprint density at radius 2 is 2.00 bits per heavy atom. The molecule has 0 bridgehead atoms. The highest BCUT2D eigenvalue weighted by molar-refractivity contribution is 8.14. The molecule has 0 unspecified atom stereocenters. The summed E-state index contributed by atoms with van der Waals surface area (Å²) in [6.45, 7) is 0. The summed E-state index contributed by atoms with van der Waals surface area (Å²) in [5, 5.41) is 8.26. The number of ether oxygens (including phenoxy) is 1. The van der Waals surface area contributed by atoms with Crippen molar-refractivity contribution in [3.63, 3.8) is 0 Å². The van der Waals surface area contributed by atoms with E-state index in [0.29, 0.717) is 21.9 Å². The van der Waals surface area contributed by atoms with Gasteiger partial charge in [0.15, 0.2) is 0 Å². The number of carbonyl (C=O) groups is 1. The van der Waals surface area contributed by atoms with Crippen molar-refractivity contribution in [1.29, 1.82) is 0 Å². The Morgan fingerprint density at radius 1 is 1.17 bits per heavy atom. The van der Waals surface area contributed by atoms with Crippen molar-refractivity contribution >= 4 is 28.5 Å². The fraction of sp³-hybridized carbons (Fsp3) is 0.0625. The van der Waals surface area contributed by atoms with E-state index in [2.05, 4.69) is 10.2 Å². The van der Waals surface area contributed by atoms with E-state index in [1.165, 1.54) is 0 Å². The molecule has 0 saturated carbocycles. The van der Waals surface area contributed by atoms with E-state index in [4.69, 9.17) is 20.8 Å². The molecule has 0 radical (unpaired) electrons. The number of carbonyl (C=O) groups excluding carboxylic acids is 1. The molecular weight excluding hydrogens is 336 g/mol. The van der Waals surface area contributed by atoms with Crippen molar-refractivity contribution < 1.29 is 13.9 Å². The summed E-state index contributed by atoms with van der Waals surface area (Å²) in [5.74, 6) is 0.885. The first-order valence-electron chi connectivity index (χ1n) is 6.62. The van der Waals surface area contributed by atoms with Crippen LogP contribution in [0.1, 0.15) is 10.4 Å². The lowest BCUT2D eigenvalue weighted by molar-refractivity contribution is 0.108. The molecule has 2 aromatic carbocycles. The van der Waals surface area contributed by atoms with Crippen LogP contribution in [0.25, 0.3) is 11.5 Å². The maximum Gasteiger partial charge on any atom is 0.284 e. The molecule has 1 heterocycles. The van der Waals surface area contributed by atoms with E-state index in [9.17, 15) is 4.79 Å². The van der Waals surface area contributed by atoms with Gasteiger partial charge in [-0.3, -0.25) is 4.79 Å². The van der Waals surface area contributed by atoms with Crippen LogP contribution in [0, 0.1) is 0 Å². The molecule has 0 saturated heterocycles. The molecule has 0 N–H and O–H groups in total. The van der Waals surface area contributed by atoms with Crippen molar-refractivity contribution in [3.8, 4) is 17.2 Å². The summed E-state index contributed by atoms with van der Waals surface area (Å²) in [6, 6.07) is 14.0. The number of rotatable bonds is 4. The van der Waals surface area contributed by atoms with Crippen molar-refractivity contribution in [2.75, 3.05) is 7.11 Å². The molecule has 116 valence electrons. The Labute approximate surface area is 141 Å². The zero-order chi connectivity index (χ0) is 16.2. The first kappa shape index (κ1) is 15.6. The van der Waals surface area contributed by atoms with Crippen LogP contribution in [0.2, 0.25) is 5.02 Å². The standard InChI is InChI=1S/C16H11ClN2O3S/c1-21-11-6-4-5-10(9-11)15(20)23-16-19-18-14(22-16)12-7-2-3-8-13(12)17/h2-9H,1H3. The summed E-state index contributed by atoms with van der Waals surface area (Å²) < 4.78 is 10.6. The van der Waals surface area contributed by atoms with Gasteiger partial charge in [-0.05, 0) is 24.3 Å². The van der Waals surface area contributed by atoms with E-state index >= 15 is 0 Å². The van der Waals surface area contributed by atoms with Gasteiger partial charge in [-0.25, -0.2) is 0 Å². The van der Waals surface area contributed by atoms with Gasteiger partial charge in [0, 0.05) is 17.3 Å². The van der Waals surface area contributed by atoms with Gasteiger partial charge < -0.3 is 9.15 Å². The second kappa shape index (κ2) is 6.85. The summed E-state index contributed by atoms with van der Waals surface area (Å²) in [7, 11) is 1.55. The highest BCUT2D eigenvalue weighted by Crippen LogP contribution is 2.30. The van der Waals surface area contributed by atoms with Crippen molar-refractivity contribution in [3.05, 3.63) is 59.1 Å². The maximum absolute atomic E-state index is 12.2. The highest BCUT2D eigenvalue weighted by atomic mass is 35.5. The monoisotopic (exact) mass is 346 g/mol. The summed E-state index contributed by atoms with van der Waals surface area (Å²) in [5.41, 5.74) is 1.12. The van der Waals surface area contributed by atoms with Crippen molar-refractivity contribution in [1.82, 2.24) is 10.2 Å². The molecule has 23 heavy (non-hydrogen) atoms. The molecule has 7 heteroatoms. The molecule has 5 nitrogen and oxygen atoms in total. The van der Waals surface area contributed by atoms with Gasteiger partial charge >= 0.3 is 0 Å². The van der Waals surface area contributed by atoms with Crippen molar-refractivity contribution in [2.24, 2.45) is 0 Å². The van der Waals surface area contributed by atoms with Crippen LogP contribution in [0.5, 0.6) is 5.75 Å². The topological polar surface area (TPSA) is 65.2 Å². The fourth-order valence-corrected chi connectivity index (χ4v) is 2.71. The van der Waals surface area contributed by atoms with Crippen LogP contribution in [-0.4, -0.2) is 22.4 Å². The highest BCUT2D eigenvalue weighted by Gasteiger charge is 2.16. The van der Waals surface area contributed by atoms with E-state index in [1.807, 2.05) is 12.1 Å². The molecule has 0 fully saturated rings. The predicted octanol–water partition coefficient (Wildman–Crippen LogP) is 4.33. The number of benzene rings is 2. The summed E-state index contributed by atoms with van der Waals surface area (Å²) >= 11 is 6.95. The minimum Gasteiger partial charge on any atom is -0.497 e. The van der Waals surface area contributed by atoms with Gasteiger partial charge in [-0.1, -0.05) is 35.9 Å². The molecule has 0 atom stereocenters. The molecule has 0 aliphatic heterocycles. The Morgan fingerprint density at radius 3 is 2.78 bits per heavy atom. The zero-order valence-electron chi connectivity index (χ0n) is 12.0. The second-order valence-electron chi connectivity index (χ2n) is 4.47. The molecular formula is C16H11ClN2O3S. The first-order valence-corrected chi connectivity index (χ1v) is 7.81. The summed E-state index contributed by atoms with van der Waals surface area (Å²) in [6.07, 6.45) is 0. The molecule has 3 rings (SSSR count). The fourth-order valence-electron chi connectivity index (χ4n) is 1.88. The zero-order valence-corrected chi connectivity index (χ0v) is 13.6. The largest absolute Gasteiger partial charge is 0.497 e. The smallest absolute Gasteiger partial charge is 0.284 e. The number of halogens is 1. The van der Waals surface area contributed by atoms with Gasteiger partial charge in [0.2, 0.25) is 11.0 Å². The Bertz CT molecular complexity index is 851. The minimum absolute atomic E-state index is 0.160. The molecule has 1 aromatic heterocycles. The SMILES string of the molecule is COc1cccc(C(=O)Sc2nnc(-c3ccccc3Cl)o2)c1.